The number of rotatable bonds is 8. The van der Waals surface area contributed by atoms with Gasteiger partial charge in [-0.25, -0.2) is 8.42 Å². The van der Waals surface area contributed by atoms with E-state index < -0.39 is 10.0 Å². The van der Waals surface area contributed by atoms with Crippen LogP contribution in [0.5, 0.6) is 0 Å². The van der Waals surface area contributed by atoms with Gasteiger partial charge in [-0.15, -0.1) is 0 Å². The van der Waals surface area contributed by atoms with Crippen LogP contribution in [0.2, 0.25) is 0 Å². The molecule has 0 fully saturated rings. The first-order valence-electron chi connectivity index (χ1n) is 7.21. The molecule has 1 aromatic rings. The summed E-state index contributed by atoms with van der Waals surface area (Å²) in [5.41, 5.74) is 0.887. The smallest absolute Gasteiger partial charge is 0.244 e. The molecule has 0 aliphatic carbocycles. The van der Waals surface area contributed by atoms with E-state index in [1.54, 1.807) is 16.6 Å². The summed E-state index contributed by atoms with van der Waals surface area (Å²) in [7, 11) is -3.41. The zero-order valence-electron chi connectivity index (χ0n) is 13.1. The lowest BCUT2D eigenvalue weighted by Gasteiger charge is -2.24. The summed E-state index contributed by atoms with van der Waals surface area (Å²) in [5.74, 6) is 0. The van der Waals surface area contributed by atoms with Gasteiger partial charge in [0.25, 0.3) is 0 Å². The van der Waals surface area contributed by atoms with Crippen molar-refractivity contribution in [2.45, 2.75) is 64.6 Å². The quantitative estimate of drug-likeness (QED) is 0.774. The molecular formula is C14H27N3O2S. The highest BCUT2D eigenvalue weighted by atomic mass is 32.2. The minimum Gasteiger partial charge on any atom is -0.363 e. The molecule has 2 N–H and O–H groups in total. The fourth-order valence-corrected chi connectivity index (χ4v) is 3.74. The van der Waals surface area contributed by atoms with Crippen LogP contribution in [0.25, 0.3) is 0 Å². The number of aromatic amines is 1. The Morgan fingerprint density at radius 2 is 1.95 bits per heavy atom. The number of hydrogen-bond acceptors (Lipinski definition) is 3. The van der Waals surface area contributed by atoms with E-state index >= 15 is 0 Å². The Labute approximate surface area is 122 Å². The van der Waals surface area contributed by atoms with E-state index in [9.17, 15) is 8.42 Å². The predicted molar refractivity (Wildman–Crippen MR) is 82.1 cm³/mol. The zero-order chi connectivity index (χ0) is 15.3. The predicted octanol–water partition coefficient (Wildman–Crippen LogP) is 2.32. The average molecular weight is 301 g/mol. The van der Waals surface area contributed by atoms with Crippen LogP contribution in [0, 0.1) is 0 Å². The number of H-pyrrole nitrogens is 1. The SMILES string of the molecule is CCCN(C(C)C)S(=O)(=O)c1c[nH]c(CNC(C)C)c1. The Bertz CT molecular complexity index is 506. The maximum Gasteiger partial charge on any atom is 0.244 e. The second kappa shape index (κ2) is 7.24. The van der Waals surface area contributed by atoms with Crippen molar-refractivity contribution in [3.05, 3.63) is 18.0 Å². The van der Waals surface area contributed by atoms with Crippen LogP contribution < -0.4 is 5.32 Å². The first-order chi connectivity index (χ1) is 9.28. The van der Waals surface area contributed by atoms with Gasteiger partial charge in [0, 0.05) is 37.1 Å². The van der Waals surface area contributed by atoms with Gasteiger partial charge in [0.05, 0.1) is 4.90 Å². The van der Waals surface area contributed by atoms with Crippen molar-refractivity contribution in [2.24, 2.45) is 0 Å². The number of nitrogens with zero attached hydrogens (tertiary/aromatic N) is 1. The van der Waals surface area contributed by atoms with Crippen LogP contribution in [0.3, 0.4) is 0 Å². The number of hydrogen-bond donors (Lipinski definition) is 2. The van der Waals surface area contributed by atoms with Crippen molar-refractivity contribution in [2.75, 3.05) is 6.54 Å². The van der Waals surface area contributed by atoms with E-state index in [0.29, 0.717) is 24.0 Å². The highest BCUT2D eigenvalue weighted by Crippen LogP contribution is 2.19. The van der Waals surface area contributed by atoms with E-state index in [-0.39, 0.29) is 6.04 Å². The van der Waals surface area contributed by atoms with Crippen molar-refractivity contribution in [1.29, 1.82) is 0 Å². The molecule has 1 aromatic heterocycles. The van der Waals surface area contributed by atoms with E-state index in [0.717, 1.165) is 12.1 Å². The molecule has 0 aromatic carbocycles. The molecule has 116 valence electrons. The first kappa shape index (κ1) is 17.2. The lowest BCUT2D eigenvalue weighted by molar-refractivity contribution is 0.354. The van der Waals surface area contributed by atoms with E-state index in [1.807, 2.05) is 20.8 Å². The molecule has 0 aliphatic rings. The average Bonchev–Trinajstić information content (AvgIpc) is 2.82. The molecule has 0 aliphatic heterocycles. The zero-order valence-corrected chi connectivity index (χ0v) is 13.9. The summed E-state index contributed by atoms with van der Waals surface area (Å²) >= 11 is 0. The molecule has 0 amide bonds. The van der Waals surface area contributed by atoms with Crippen molar-refractivity contribution in [3.8, 4) is 0 Å². The highest BCUT2D eigenvalue weighted by molar-refractivity contribution is 7.89. The van der Waals surface area contributed by atoms with Crippen molar-refractivity contribution in [3.63, 3.8) is 0 Å². The third kappa shape index (κ3) is 4.33. The summed E-state index contributed by atoms with van der Waals surface area (Å²) in [4.78, 5) is 3.38. The fourth-order valence-electron chi connectivity index (χ4n) is 2.00. The van der Waals surface area contributed by atoms with Gasteiger partial charge in [0.2, 0.25) is 10.0 Å². The van der Waals surface area contributed by atoms with Crippen LogP contribution in [0.1, 0.15) is 46.7 Å². The number of nitrogens with one attached hydrogen (secondary N) is 2. The molecule has 0 saturated carbocycles. The molecule has 1 rings (SSSR count). The molecule has 0 bridgehead atoms. The fraction of sp³-hybridized carbons (Fsp3) is 0.714. The standard InChI is InChI=1S/C14H27N3O2S/c1-6-7-17(12(4)5)20(18,19)14-8-13(16-10-14)9-15-11(2)3/h8,10-12,15-16H,6-7,9H2,1-5H3. The van der Waals surface area contributed by atoms with Crippen molar-refractivity contribution < 1.29 is 8.42 Å². The Morgan fingerprint density at radius 1 is 1.30 bits per heavy atom. The third-order valence-corrected chi connectivity index (χ3v) is 5.10. The van der Waals surface area contributed by atoms with Crippen molar-refractivity contribution in [1.82, 2.24) is 14.6 Å². The maximum absolute atomic E-state index is 12.6. The summed E-state index contributed by atoms with van der Waals surface area (Å²) in [5, 5.41) is 3.26. The maximum atomic E-state index is 12.6. The van der Waals surface area contributed by atoms with Gasteiger partial charge >= 0.3 is 0 Å². The van der Waals surface area contributed by atoms with Gasteiger partial charge in [0.15, 0.2) is 0 Å². The Hall–Kier alpha value is -0.850. The molecule has 0 unspecified atom stereocenters. The second-order valence-corrected chi connectivity index (χ2v) is 7.50. The van der Waals surface area contributed by atoms with Gasteiger partial charge in [-0.3, -0.25) is 0 Å². The van der Waals surface area contributed by atoms with E-state index in [1.165, 1.54) is 0 Å². The summed E-state index contributed by atoms with van der Waals surface area (Å²) in [6, 6.07) is 2.05. The summed E-state index contributed by atoms with van der Waals surface area (Å²) in [6.07, 6.45) is 2.39. The van der Waals surface area contributed by atoms with Crippen LogP contribution in [0.15, 0.2) is 17.2 Å². The molecule has 0 saturated heterocycles. The lowest BCUT2D eigenvalue weighted by atomic mass is 10.3. The molecule has 1 heterocycles. The largest absolute Gasteiger partial charge is 0.363 e. The minimum absolute atomic E-state index is 0.0351. The first-order valence-corrected chi connectivity index (χ1v) is 8.65. The normalized spacial score (nSPS) is 12.8. The van der Waals surface area contributed by atoms with Crippen molar-refractivity contribution >= 4 is 10.0 Å². The molecule has 0 spiro atoms. The molecule has 20 heavy (non-hydrogen) atoms. The summed E-state index contributed by atoms with van der Waals surface area (Å²) in [6.45, 7) is 11.1. The van der Waals surface area contributed by atoms with Gasteiger partial charge in [-0.05, 0) is 26.3 Å². The monoisotopic (exact) mass is 301 g/mol. The second-order valence-electron chi connectivity index (χ2n) is 5.61. The van der Waals surface area contributed by atoms with Gasteiger partial charge < -0.3 is 10.3 Å². The Balaban J connectivity index is 2.92. The number of sulfonamides is 1. The van der Waals surface area contributed by atoms with E-state index in [2.05, 4.69) is 24.1 Å². The topological polar surface area (TPSA) is 65.2 Å². The van der Waals surface area contributed by atoms with Crippen LogP contribution in [0.4, 0.5) is 0 Å². The highest BCUT2D eigenvalue weighted by Gasteiger charge is 2.27. The summed E-state index contributed by atoms with van der Waals surface area (Å²) < 4.78 is 26.8. The molecule has 5 nitrogen and oxygen atoms in total. The molecule has 0 atom stereocenters. The number of aromatic nitrogens is 1. The molecule has 6 heteroatoms. The molecular weight excluding hydrogens is 274 g/mol. The Morgan fingerprint density at radius 3 is 2.45 bits per heavy atom. The van der Waals surface area contributed by atoms with Gasteiger partial charge in [0.1, 0.15) is 0 Å². The van der Waals surface area contributed by atoms with Crippen LogP contribution in [-0.4, -0.2) is 36.3 Å². The van der Waals surface area contributed by atoms with Crippen LogP contribution in [-0.2, 0) is 16.6 Å². The molecule has 0 radical (unpaired) electrons. The van der Waals surface area contributed by atoms with Gasteiger partial charge in [-0.2, -0.15) is 4.31 Å². The van der Waals surface area contributed by atoms with Crippen LogP contribution >= 0.6 is 0 Å². The van der Waals surface area contributed by atoms with E-state index in [4.69, 9.17) is 0 Å². The third-order valence-electron chi connectivity index (χ3n) is 3.04. The Kier molecular flexibility index (Phi) is 6.23. The van der Waals surface area contributed by atoms with Gasteiger partial charge in [-0.1, -0.05) is 20.8 Å². The minimum atomic E-state index is -3.41. The lowest BCUT2D eigenvalue weighted by Crippen LogP contribution is -2.37.